The third-order valence-corrected chi connectivity index (χ3v) is 7.20. The fourth-order valence-electron chi connectivity index (χ4n) is 4.82. The Kier molecular flexibility index (Phi) is 11.4. The van der Waals surface area contributed by atoms with Crippen LogP contribution in [-0.2, 0) is 20.7 Å². The quantitative estimate of drug-likeness (QED) is 0.221. The molecule has 0 bridgehead atoms. The summed E-state index contributed by atoms with van der Waals surface area (Å²) in [5, 5.41) is 8.21. The number of morpholine rings is 1. The minimum absolute atomic E-state index is 0.119. The standard InChI is InChI=1S/C31H32ClF4N3O4/c32-22-9-4-8-21(14-22)26(20-6-2-1-3-7-20)15-29(40)39-28-11-5-10-27(33)25(28)13-12-24-16-37-23(17-42-24)18-43-30(41)38-19-31(34,35)36/h1-11,14,23-24,26,37H,12-13,15-19H2,(H,38,41)(H,39,40). The van der Waals surface area contributed by atoms with Crippen molar-refractivity contribution in [2.24, 2.45) is 0 Å². The smallest absolute Gasteiger partial charge is 0.407 e. The molecule has 43 heavy (non-hydrogen) atoms. The van der Waals surface area contributed by atoms with Crippen LogP contribution in [0.5, 0.6) is 0 Å². The second kappa shape index (κ2) is 15.2. The molecule has 0 spiro atoms. The van der Waals surface area contributed by atoms with E-state index in [4.69, 9.17) is 21.1 Å². The Balaban J connectivity index is 1.31. The largest absolute Gasteiger partial charge is 0.448 e. The first kappa shape index (κ1) is 32.2. The van der Waals surface area contributed by atoms with Gasteiger partial charge in [0.2, 0.25) is 5.91 Å². The highest BCUT2D eigenvalue weighted by molar-refractivity contribution is 6.30. The molecule has 1 fully saturated rings. The Hall–Kier alpha value is -3.67. The third-order valence-electron chi connectivity index (χ3n) is 6.97. The molecule has 230 valence electrons. The van der Waals surface area contributed by atoms with Gasteiger partial charge in [0.1, 0.15) is 19.0 Å². The number of halogens is 5. The van der Waals surface area contributed by atoms with Gasteiger partial charge in [0.25, 0.3) is 0 Å². The van der Waals surface area contributed by atoms with E-state index >= 15 is 0 Å². The van der Waals surface area contributed by atoms with Gasteiger partial charge < -0.3 is 25.4 Å². The van der Waals surface area contributed by atoms with Crippen molar-refractivity contribution in [3.8, 4) is 0 Å². The first-order valence-electron chi connectivity index (χ1n) is 13.8. The van der Waals surface area contributed by atoms with Gasteiger partial charge in [-0.15, -0.1) is 0 Å². The number of hydrogen-bond donors (Lipinski definition) is 3. The van der Waals surface area contributed by atoms with E-state index in [-0.39, 0.29) is 44.0 Å². The fourth-order valence-corrected chi connectivity index (χ4v) is 5.02. The predicted octanol–water partition coefficient (Wildman–Crippen LogP) is 6.22. The molecule has 1 aliphatic heterocycles. The SMILES string of the molecule is O=C(CC(c1ccccc1)c1cccc(Cl)c1)Nc1cccc(F)c1CCC1CNC(COC(=O)NCC(F)(F)F)CO1. The molecule has 7 nitrogen and oxygen atoms in total. The van der Waals surface area contributed by atoms with E-state index in [0.29, 0.717) is 29.2 Å². The van der Waals surface area contributed by atoms with Crippen molar-refractivity contribution >= 4 is 29.3 Å². The van der Waals surface area contributed by atoms with Crippen LogP contribution in [0.25, 0.3) is 0 Å². The number of amides is 2. The second-order valence-corrected chi connectivity index (χ2v) is 10.6. The molecule has 4 rings (SSSR count). The lowest BCUT2D eigenvalue weighted by Crippen LogP contribution is -2.49. The van der Waals surface area contributed by atoms with E-state index in [1.54, 1.807) is 17.4 Å². The lowest BCUT2D eigenvalue weighted by atomic mass is 9.88. The van der Waals surface area contributed by atoms with E-state index in [1.807, 2.05) is 48.5 Å². The molecule has 0 aliphatic carbocycles. The van der Waals surface area contributed by atoms with Gasteiger partial charge in [-0.3, -0.25) is 4.79 Å². The molecule has 12 heteroatoms. The molecule has 0 radical (unpaired) electrons. The lowest BCUT2D eigenvalue weighted by Gasteiger charge is -2.30. The Labute approximate surface area is 251 Å². The molecule has 3 aromatic rings. The molecule has 0 aromatic heterocycles. The number of alkyl halides is 3. The van der Waals surface area contributed by atoms with Crippen LogP contribution >= 0.6 is 11.6 Å². The normalized spacial score (nSPS) is 17.6. The van der Waals surface area contributed by atoms with E-state index in [2.05, 4.69) is 10.6 Å². The van der Waals surface area contributed by atoms with Crippen molar-refractivity contribution in [3.63, 3.8) is 0 Å². The second-order valence-electron chi connectivity index (χ2n) is 10.2. The first-order valence-corrected chi connectivity index (χ1v) is 14.1. The van der Waals surface area contributed by atoms with Gasteiger partial charge in [0.15, 0.2) is 0 Å². The first-order chi connectivity index (χ1) is 20.6. The van der Waals surface area contributed by atoms with Crippen molar-refractivity contribution in [1.82, 2.24) is 10.6 Å². The number of benzene rings is 3. The zero-order valence-corrected chi connectivity index (χ0v) is 23.9. The molecule has 3 N–H and O–H groups in total. The minimum Gasteiger partial charge on any atom is -0.448 e. The van der Waals surface area contributed by atoms with Crippen molar-refractivity contribution < 1.29 is 36.6 Å². The van der Waals surface area contributed by atoms with E-state index < -0.39 is 30.7 Å². The highest BCUT2D eigenvalue weighted by atomic mass is 35.5. The van der Waals surface area contributed by atoms with E-state index in [1.165, 1.54) is 12.1 Å². The zero-order chi connectivity index (χ0) is 30.8. The monoisotopic (exact) mass is 621 g/mol. The Bertz CT molecular complexity index is 1370. The summed E-state index contributed by atoms with van der Waals surface area (Å²) < 4.78 is 62.1. The number of nitrogens with one attached hydrogen (secondary N) is 3. The maximum Gasteiger partial charge on any atom is 0.407 e. The van der Waals surface area contributed by atoms with Crippen LogP contribution in [0.15, 0.2) is 72.8 Å². The summed E-state index contributed by atoms with van der Waals surface area (Å²) in [5.41, 5.74) is 2.57. The Morgan fingerprint density at radius 3 is 2.49 bits per heavy atom. The van der Waals surface area contributed by atoms with Gasteiger partial charge in [0.05, 0.1) is 18.8 Å². The minimum atomic E-state index is -4.53. The number of carbonyl (C=O) groups excluding carboxylic acids is 2. The lowest BCUT2D eigenvalue weighted by molar-refractivity contribution is -0.124. The van der Waals surface area contributed by atoms with Crippen LogP contribution in [0.4, 0.5) is 28.0 Å². The van der Waals surface area contributed by atoms with Crippen molar-refractivity contribution in [2.45, 2.75) is 43.5 Å². The fraction of sp³-hybridized carbons (Fsp3) is 0.355. The number of anilines is 1. The summed E-state index contributed by atoms with van der Waals surface area (Å²) in [6, 6.07) is 21.1. The van der Waals surface area contributed by atoms with Gasteiger partial charge >= 0.3 is 12.3 Å². The summed E-state index contributed by atoms with van der Waals surface area (Å²) >= 11 is 6.23. The molecule has 3 unspecified atom stereocenters. The van der Waals surface area contributed by atoms with Gasteiger partial charge in [-0.1, -0.05) is 60.1 Å². The topological polar surface area (TPSA) is 88.7 Å². The summed E-state index contributed by atoms with van der Waals surface area (Å²) in [4.78, 5) is 24.7. The average molecular weight is 622 g/mol. The van der Waals surface area contributed by atoms with Crippen molar-refractivity contribution in [1.29, 1.82) is 0 Å². The maximum atomic E-state index is 14.9. The van der Waals surface area contributed by atoms with Crippen molar-refractivity contribution in [2.75, 3.05) is 31.6 Å². The molecular formula is C31H32ClF4N3O4. The van der Waals surface area contributed by atoms with Gasteiger partial charge in [-0.25, -0.2) is 9.18 Å². The summed E-state index contributed by atoms with van der Waals surface area (Å²) in [6.45, 7) is -1.12. The molecule has 3 aromatic carbocycles. The number of ether oxygens (including phenoxy) is 2. The number of carbonyl (C=O) groups is 2. The van der Waals surface area contributed by atoms with E-state index in [0.717, 1.165) is 11.1 Å². The van der Waals surface area contributed by atoms with Gasteiger partial charge in [0, 0.05) is 35.2 Å². The predicted molar refractivity (Wildman–Crippen MR) is 155 cm³/mol. The van der Waals surface area contributed by atoms with Crippen LogP contribution < -0.4 is 16.0 Å². The van der Waals surface area contributed by atoms with Crippen molar-refractivity contribution in [3.05, 3.63) is 100 Å². The van der Waals surface area contributed by atoms with Crippen LogP contribution in [-0.4, -0.2) is 56.6 Å². The van der Waals surface area contributed by atoms with Crippen LogP contribution in [0.1, 0.15) is 35.4 Å². The molecular weight excluding hydrogens is 590 g/mol. The summed E-state index contributed by atoms with van der Waals surface area (Å²) in [5.74, 6) is -0.989. The third kappa shape index (κ3) is 10.2. The summed E-state index contributed by atoms with van der Waals surface area (Å²) in [7, 11) is 0. The number of hydrogen-bond acceptors (Lipinski definition) is 5. The Morgan fingerprint density at radius 1 is 1.05 bits per heavy atom. The van der Waals surface area contributed by atoms with Crippen LogP contribution in [0.2, 0.25) is 5.02 Å². The molecule has 1 heterocycles. The van der Waals surface area contributed by atoms with Crippen LogP contribution in [0.3, 0.4) is 0 Å². The zero-order valence-electron chi connectivity index (χ0n) is 23.1. The Morgan fingerprint density at radius 2 is 1.79 bits per heavy atom. The number of rotatable bonds is 11. The highest BCUT2D eigenvalue weighted by Crippen LogP contribution is 2.31. The molecule has 0 saturated carbocycles. The maximum absolute atomic E-state index is 14.9. The van der Waals surface area contributed by atoms with Crippen LogP contribution in [0, 0.1) is 5.82 Å². The average Bonchev–Trinajstić information content (AvgIpc) is 2.98. The summed E-state index contributed by atoms with van der Waals surface area (Å²) in [6.07, 6.45) is -5.14. The molecule has 2 amide bonds. The van der Waals surface area contributed by atoms with Gasteiger partial charge in [-0.2, -0.15) is 13.2 Å². The highest BCUT2D eigenvalue weighted by Gasteiger charge is 2.29. The number of alkyl carbamates (subject to hydrolysis) is 1. The van der Waals surface area contributed by atoms with Gasteiger partial charge in [-0.05, 0) is 48.2 Å². The molecule has 3 atom stereocenters. The van der Waals surface area contributed by atoms with E-state index in [9.17, 15) is 27.2 Å². The molecule has 1 aliphatic rings. The molecule has 1 saturated heterocycles.